The number of carbonyl (C=O) groups is 1. The molecule has 1 aliphatic heterocycles. The Hall–Kier alpha value is -2.15. The fourth-order valence-corrected chi connectivity index (χ4v) is 2.34. The van der Waals surface area contributed by atoms with Crippen LogP contribution in [0.15, 0.2) is 18.2 Å². The summed E-state index contributed by atoms with van der Waals surface area (Å²) in [4.78, 5) is 13.6. The van der Waals surface area contributed by atoms with Crippen LogP contribution >= 0.6 is 0 Å². The number of nitrogens with zero attached hydrogens (tertiary/aromatic N) is 1. The number of terminal acetylenes is 1. The number of carbonyl (C=O) groups excluding carboxylic acids is 1. The number of likely N-dealkylation sites (tertiary alicyclic amines) is 1. The topological polar surface area (TPSA) is 38.8 Å². The predicted molar refractivity (Wildman–Crippen MR) is 76.5 cm³/mol. The standard InChI is InChI=1S/C16H19NO3/c1-4-12-9-16(18)17(10-12)11-13-6-7-14(19-3)15(8-13)20-5-2/h1,6-8,12H,5,9-11H2,2-3H3. The van der Waals surface area contributed by atoms with Gasteiger partial charge in [0.15, 0.2) is 11.5 Å². The van der Waals surface area contributed by atoms with Gasteiger partial charge in [0.1, 0.15) is 0 Å². The Kier molecular flexibility index (Phi) is 4.52. The van der Waals surface area contributed by atoms with Gasteiger partial charge in [-0.05, 0) is 24.6 Å². The Morgan fingerprint density at radius 2 is 2.25 bits per heavy atom. The van der Waals surface area contributed by atoms with E-state index in [1.54, 1.807) is 12.0 Å². The van der Waals surface area contributed by atoms with Crippen LogP contribution in [-0.4, -0.2) is 31.1 Å². The highest BCUT2D eigenvalue weighted by Gasteiger charge is 2.28. The maximum Gasteiger partial charge on any atom is 0.224 e. The molecule has 0 aromatic heterocycles. The maximum absolute atomic E-state index is 11.9. The van der Waals surface area contributed by atoms with E-state index in [0.29, 0.717) is 37.6 Å². The molecule has 1 aliphatic rings. The van der Waals surface area contributed by atoms with Crippen molar-refractivity contribution in [2.75, 3.05) is 20.3 Å². The fraction of sp³-hybridized carbons (Fsp3) is 0.438. The minimum atomic E-state index is 0.0344. The van der Waals surface area contributed by atoms with Gasteiger partial charge in [-0.25, -0.2) is 0 Å². The lowest BCUT2D eigenvalue weighted by Crippen LogP contribution is -2.24. The van der Waals surface area contributed by atoms with Crippen molar-refractivity contribution in [3.05, 3.63) is 23.8 Å². The first-order valence-electron chi connectivity index (χ1n) is 6.71. The zero-order valence-electron chi connectivity index (χ0n) is 11.9. The van der Waals surface area contributed by atoms with Gasteiger partial charge < -0.3 is 14.4 Å². The lowest BCUT2D eigenvalue weighted by Gasteiger charge is -2.17. The van der Waals surface area contributed by atoms with Crippen LogP contribution in [-0.2, 0) is 11.3 Å². The van der Waals surface area contributed by atoms with Crippen molar-refractivity contribution in [2.24, 2.45) is 5.92 Å². The monoisotopic (exact) mass is 273 g/mol. The number of hydrogen-bond donors (Lipinski definition) is 0. The average molecular weight is 273 g/mol. The number of hydrogen-bond acceptors (Lipinski definition) is 3. The molecule has 4 heteroatoms. The van der Waals surface area contributed by atoms with Gasteiger partial charge >= 0.3 is 0 Å². The molecule has 1 aromatic carbocycles. The Morgan fingerprint density at radius 1 is 1.45 bits per heavy atom. The molecule has 1 amide bonds. The number of rotatable bonds is 5. The quantitative estimate of drug-likeness (QED) is 0.771. The molecule has 1 aromatic rings. The Bertz CT molecular complexity index is 533. The molecule has 0 radical (unpaired) electrons. The summed E-state index contributed by atoms with van der Waals surface area (Å²) in [5.74, 6) is 4.20. The first kappa shape index (κ1) is 14.3. The lowest BCUT2D eigenvalue weighted by atomic mass is 10.1. The summed E-state index contributed by atoms with van der Waals surface area (Å²) in [6.45, 7) is 3.68. The third kappa shape index (κ3) is 3.05. The van der Waals surface area contributed by atoms with Crippen molar-refractivity contribution in [1.82, 2.24) is 4.90 Å². The van der Waals surface area contributed by atoms with E-state index in [4.69, 9.17) is 15.9 Å². The number of amides is 1. The smallest absolute Gasteiger partial charge is 0.224 e. The number of methoxy groups -OCH3 is 1. The number of ether oxygens (including phenoxy) is 2. The fourth-order valence-electron chi connectivity index (χ4n) is 2.34. The summed E-state index contributed by atoms with van der Waals surface area (Å²) in [6.07, 6.45) is 5.84. The highest BCUT2D eigenvalue weighted by molar-refractivity contribution is 5.79. The van der Waals surface area contributed by atoms with Gasteiger partial charge in [-0.1, -0.05) is 6.07 Å². The van der Waals surface area contributed by atoms with Gasteiger partial charge in [0.25, 0.3) is 0 Å². The van der Waals surface area contributed by atoms with Crippen LogP contribution < -0.4 is 9.47 Å². The van der Waals surface area contributed by atoms with Gasteiger partial charge in [0.05, 0.1) is 13.7 Å². The SMILES string of the molecule is C#CC1CC(=O)N(Cc2ccc(OC)c(OCC)c2)C1. The van der Waals surface area contributed by atoms with Crippen LogP contribution in [0.3, 0.4) is 0 Å². The van der Waals surface area contributed by atoms with Gasteiger partial charge in [-0.2, -0.15) is 0 Å². The molecule has 0 N–H and O–H groups in total. The summed E-state index contributed by atoms with van der Waals surface area (Å²) in [5.41, 5.74) is 1.01. The summed E-state index contributed by atoms with van der Waals surface area (Å²) in [6, 6.07) is 5.72. The predicted octanol–water partition coefficient (Wildman–Crippen LogP) is 2.08. The van der Waals surface area contributed by atoms with Crippen molar-refractivity contribution in [1.29, 1.82) is 0 Å². The second-order valence-electron chi connectivity index (χ2n) is 4.76. The van der Waals surface area contributed by atoms with E-state index in [1.807, 2.05) is 25.1 Å². The maximum atomic E-state index is 11.9. The summed E-state index contributed by atoms with van der Waals surface area (Å²) in [7, 11) is 1.61. The third-order valence-corrected chi connectivity index (χ3v) is 3.35. The molecule has 1 fully saturated rings. The highest BCUT2D eigenvalue weighted by Crippen LogP contribution is 2.29. The summed E-state index contributed by atoms with van der Waals surface area (Å²) in [5, 5.41) is 0. The molecule has 0 spiro atoms. The first-order valence-corrected chi connectivity index (χ1v) is 6.71. The van der Waals surface area contributed by atoms with Gasteiger partial charge in [-0.3, -0.25) is 4.79 Å². The molecule has 20 heavy (non-hydrogen) atoms. The Balaban J connectivity index is 2.12. The Morgan fingerprint density at radius 3 is 2.85 bits per heavy atom. The van der Waals surface area contributed by atoms with Gasteiger partial charge in [-0.15, -0.1) is 12.3 Å². The van der Waals surface area contributed by atoms with Crippen LogP contribution in [0.4, 0.5) is 0 Å². The van der Waals surface area contributed by atoms with E-state index in [-0.39, 0.29) is 11.8 Å². The summed E-state index contributed by atoms with van der Waals surface area (Å²) >= 11 is 0. The molecule has 0 aliphatic carbocycles. The summed E-state index contributed by atoms with van der Waals surface area (Å²) < 4.78 is 10.8. The van der Waals surface area contributed by atoms with Crippen molar-refractivity contribution in [3.8, 4) is 23.8 Å². The Labute approximate surface area is 119 Å². The lowest BCUT2D eigenvalue weighted by molar-refractivity contribution is -0.128. The molecule has 0 bridgehead atoms. The second kappa shape index (κ2) is 6.33. The minimum absolute atomic E-state index is 0.0344. The van der Waals surface area contributed by atoms with Crippen LogP contribution in [0.25, 0.3) is 0 Å². The van der Waals surface area contributed by atoms with Crippen molar-refractivity contribution in [3.63, 3.8) is 0 Å². The molecule has 1 atom stereocenters. The van der Waals surface area contributed by atoms with Crippen molar-refractivity contribution < 1.29 is 14.3 Å². The van der Waals surface area contributed by atoms with E-state index in [9.17, 15) is 4.79 Å². The van der Waals surface area contributed by atoms with E-state index in [1.165, 1.54) is 0 Å². The van der Waals surface area contributed by atoms with Crippen LogP contribution in [0, 0.1) is 18.3 Å². The zero-order chi connectivity index (χ0) is 14.5. The number of benzene rings is 1. The highest BCUT2D eigenvalue weighted by atomic mass is 16.5. The van der Waals surface area contributed by atoms with Crippen molar-refractivity contribution in [2.45, 2.75) is 19.9 Å². The van der Waals surface area contributed by atoms with Crippen LogP contribution in [0.2, 0.25) is 0 Å². The molecule has 4 nitrogen and oxygen atoms in total. The van der Waals surface area contributed by atoms with Gasteiger partial charge in [0, 0.05) is 25.4 Å². The van der Waals surface area contributed by atoms with E-state index >= 15 is 0 Å². The van der Waals surface area contributed by atoms with Crippen LogP contribution in [0.1, 0.15) is 18.9 Å². The van der Waals surface area contributed by atoms with E-state index in [0.717, 1.165) is 5.56 Å². The molecule has 106 valence electrons. The molecular weight excluding hydrogens is 254 g/mol. The minimum Gasteiger partial charge on any atom is -0.493 e. The normalized spacial score (nSPS) is 17.9. The molecule has 1 unspecified atom stereocenters. The average Bonchev–Trinajstić information content (AvgIpc) is 2.80. The zero-order valence-corrected chi connectivity index (χ0v) is 11.9. The third-order valence-electron chi connectivity index (χ3n) is 3.35. The molecule has 2 rings (SSSR count). The van der Waals surface area contributed by atoms with Gasteiger partial charge in [0.2, 0.25) is 5.91 Å². The molecule has 1 saturated heterocycles. The largest absolute Gasteiger partial charge is 0.493 e. The first-order chi connectivity index (χ1) is 9.67. The molecular formula is C16H19NO3. The van der Waals surface area contributed by atoms with Crippen LogP contribution in [0.5, 0.6) is 11.5 Å². The molecule has 1 heterocycles. The second-order valence-corrected chi connectivity index (χ2v) is 4.76. The van der Waals surface area contributed by atoms with Crippen molar-refractivity contribution >= 4 is 5.91 Å². The molecule has 0 saturated carbocycles. The van der Waals surface area contributed by atoms with E-state index in [2.05, 4.69) is 5.92 Å². The van der Waals surface area contributed by atoms with E-state index < -0.39 is 0 Å².